The molecule has 2 N–H and O–H groups in total. The van der Waals surface area contributed by atoms with Gasteiger partial charge in [-0.2, -0.15) is 0 Å². The Morgan fingerprint density at radius 3 is 2.64 bits per heavy atom. The monoisotopic (exact) mass is 340 g/mol. The predicted octanol–water partition coefficient (Wildman–Crippen LogP) is 2.23. The highest BCUT2D eigenvalue weighted by Crippen LogP contribution is 2.18. The lowest BCUT2D eigenvalue weighted by atomic mass is 10.2. The predicted molar refractivity (Wildman–Crippen MR) is 84.5 cm³/mol. The maximum Gasteiger partial charge on any atom is 0.334 e. The number of carbonyl (C=O) groups is 1. The van der Waals surface area contributed by atoms with Gasteiger partial charge in [0.15, 0.2) is 0 Å². The van der Waals surface area contributed by atoms with Crippen molar-refractivity contribution in [3.05, 3.63) is 34.3 Å². The molecule has 0 aliphatic carbocycles. The van der Waals surface area contributed by atoms with Crippen LogP contribution >= 0.6 is 11.3 Å². The zero-order valence-corrected chi connectivity index (χ0v) is 14.0. The number of carbonyl (C=O) groups excluding carboxylic acids is 1. The van der Waals surface area contributed by atoms with Gasteiger partial charge in [-0.15, -0.1) is 10.2 Å². The molecule has 0 aliphatic rings. The third-order valence-electron chi connectivity index (χ3n) is 2.85. The van der Waals surface area contributed by atoms with Gasteiger partial charge >= 0.3 is 6.03 Å². The molecule has 0 aliphatic heterocycles. The summed E-state index contributed by atoms with van der Waals surface area (Å²) in [6.07, 6.45) is 0.696. The van der Waals surface area contributed by atoms with E-state index in [9.17, 15) is 13.2 Å². The maximum absolute atomic E-state index is 12.3. The topological polar surface area (TPSA) is 101 Å². The van der Waals surface area contributed by atoms with Crippen LogP contribution in [0, 0.1) is 13.8 Å². The molecule has 22 heavy (non-hydrogen) atoms. The lowest BCUT2D eigenvalue weighted by Gasteiger charge is -2.10. The van der Waals surface area contributed by atoms with Crippen LogP contribution in [0.2, 0.25) is 0 Å². The molecule has 0 radical (unpaired) electrons. The summed E-state index contributed by atoms with van der Waals surface area (Å²) in [4.78, 5) is 11.9. The van der Waals surface area contributed by atoms with Gasteiger partial charge in [-0.05, 0) is 37.5 Å². The largest absolute Gasteiger partial charge is 0.334 e. The van der Waals surface area contributed by atoms with E-state index in [4.69, 9.17) is 0 Å². The molecule has 0 fully saturated rings. The number of nitrogens with zero attached hydrogens (tertiary/aromatic N) is 2. The molecular weight excluding hydrogens is 324 g/mol. The Morgan fingerprint density at radius 1 is 1.27 bits per heavy atom. The fraction of sp³-hybridized carbons (Fsp3) is 0.308. The van der Waals surface area contributed by atoms with Crippen molar-refractivity contribution in [1.82, 2.24) is 14.9 Å². The molecule has 2 amide bonds. The Labute approximate surface area is 132 Å². The van der Waals surface area contributed by atoms with Crippen LogP contribution in [0.3, 0.4) is 0 Å². The number of amides is 2. The van der Waals surface area contributed by atoms with Crippen molar-refractivity contribution in [3.63, 3.8) is 0 Å². The quantitative estimate of drug-likeness (QED) is 0.889. The van der Waals surface area contributed by atoms with Gasteiger partial charge in [0.25, 0.3) is 10.0 Å². The second kappa shape index (κ2) is 6.41. The summed E-state index contributed by atoms with van der Waals surface area (Å²) in [5.74, 6) is 0. The van der Waals surface area contributed by atoms with Gasteiger partial charge in [0.05, 0.1) is 4.90 Å². The van der Waals surface area contributed by atoms with Crippen molar-refractivity contribution in [1.29, 1.82) is 0 Å². The number of hydrogen-bond acceptors (Lipinski definition) is 6. The van der Waals surface area contributed by atoms with Crippen LogP contribution in [-0.2, 0) is 16.4 Å². The van der Waals surface area contributed by atoms with Gasteiger partial charge in [0.1, 0.15) is 5.01 Å². The number of nitrogens with one attached hydrogen (secondary N) is 2. The van der Waals surface area contributed by atoms with Gasteiger partial charge in [-0.3, -0.25) is 5.32 Å². The van der Waals surface area contributed by atoms with Crippen LogP contribution in [0.1, 0.15) is 23.1 Å². The van der Waals surface area contributed by atoms with Gasteiger partial charge in [0, 0.05) is 0 Å². The van der Waals surface area contributed by atoms with Crippen molar-refractivity contribution in [2.45, 2.75) is 32.1 Å². The Hall–Kier alpha value is -2.00. The zero-order valence-electron chi connectivity index (χ0n) is 12.4. The fourth-order valence-corrected chi connectivity index (χ4v) is 3.66. The first-order valence-electron chi connectivity index (χ1n) is 6.55. The van der Waals surface area contributed by atoms with Gasteiger partial charge in [-0.25, -0.2) is 17.9 Å². The van der Waals surface area contributed by atoms with Crippen LogP contribution in [0.4, 0.5) is 9.93 Å². The first kappa shape index (κ1) is 16.4. The first-order chi connectivity index (χ1) is 10.3. The molecule has 0 unspecified atom stereocenters. The van der Waals surface area contributed by atoms with Crippen molar-refractivity contribution >= 4 is 32.5 Å². The van der Waals surface area contributed by atoms with E-state index in [1.165, 1.54) is 17.4 Å². The smallest absolute Gasteiger partial charge is 0.281 e. The van der Waals surface area contributed by atoms with Crippen molar-refractivity contribution < 1.29 is 13.2 Å². The Kier molecular flexibility index (Phi) is 4.77. The summed E-state index contributed by atoms with van der Waals surface area (Å²) in [7, 11) is -3.94. The van der Waals surface area contributed by atoms with E-state index in [1.54, 1.807) is 19.9 Å². The van der Waals surface area contributed by atoms with Crippen LogP contribution < -0.4 is 10.0 Å². The number of rotatable bonds is 4. The summed E-state index contributed by atoms with van der Waals surface area (Å²) in [6.45, 7) is 5.37. The van der Waals surface area contributed by atoms with E-state index in [-0.39, 0.29) is 10.0 Å². The molecule has 1 heterocycles. The van der Waals surface area contributed by atoms with Gasteiger partial charge in [-0.1, -0.05) is 30.4 Å². The van der Waals surface area contributed by atoms with Crippen molar-refractivity contribution in [2.75, 3.05) is 5.32 Å². The van der Waals surface area contributed by atoms with E-state index >= 15 is 0 Å². The summed E-state index contributed by atoms with van der Waals surface area (Å²) >= 11 is 1.20. The van der Waals surface area contributed by atoms with Crippen molar-refractivity contribution in [2.24, 2.45) is 0 Å². The lowest BCUT2D eigenvalue weighted by Crippen LogP contribution is -2.34. The highest BCUT2D eigenvalue weighted by atomic mass is 32.2. The second-order valence-electron chi connectivity index (χ2n) is 4.68. The fourth-order valence-electron chi connectivity index (χ4n) is 1.74. The highest BCUT2D eigenvalue weighted by Gasteiger charge is 2.20. The highest BCUT2D eigenvalue weighted by molar-refractivity contribution is 7.90. The molecule has 1 aromatic carbocycles. The summed E-state index contributed by atoms with van der Waals surface area (Å²) in [6, 6.07) is 4.16. The number of anilines is 1. The average Bonchev–Trinajstić information content (AvgIpc) is 2.88. The van der Waals surface area contributed by atoms with Crippen molar-refractivity contribution in [3.8, 4) is 0 Å². The molecule has 2 aromatic rings. The second-order valence-corrected chi connectivity index (χ2v) is 7.40. The number of aryl methyl sites for hydroxylation is 3. The molecule has 0 spiro atoms. The summed E-state index contributed by atoms with van der Waals surface area (Å²) in [5, 5.41) is 11.0. The Balaban J connectivity index is 2.14. The molecule has 0 saturated carbocycles. The molecule has 0 atom stereocenters. The minimum absolute atomic E-state index is 0.0779. The normalized spacial score (nSPS) is 11.2. The molecule has 118 valence electrons. The van der Waals surface area contributed by atoms with Crippen LogP contribution in [0.15, 0.2) is 23.1 Å². The van der Waals surface area contributed by atoms with Gasteiger partial charge < -0.3 is 0 Å². The van der Waals surface area contributed by atoms with E-state index in [1.807, 2.05) is 17.7 Å². The van der Waals surface area contributed by atoms with E-state index in [0.717, 1.165) is 10.6 Å². The average molecular weight is 340 g/mol. The summed E-state index contributed by atoms with van der Waals surface area (Å²) in [5.41, 5.74) is 1.36. The molecule has 1 aromatic heterocycles. The molecular formula is C13H16N4O3S2. The molecule has 2 rings (SSSR count). The number of aromatic nitrogens is 2. The third-order valence-corrected chi connectivity index (χ3v) is 5.31. The first-order valence-corrected chi connectivity index (χ1v) is 8.85. The standard InChI is InChI=1S/C13H16N4O3S2/c1-4-11-15-16-13(21-11)14-12(18)17-22(19,20)10-7-8(2)5-6-9(10)3/h5-7H,4H2,1-3H3,(H2,14,16,17,18). The molecule has 9 heteroatoms. The van der Waals surface area contributed by atoms with Crippen LogP contribution in [0.25, 0.3) is 0 Å². The third kappa shape index (κ3) is 3.80. The van der Waals surface area contributed by atoms with Gasteiger partial charge in [0.2, 0.25) is 5.13 Å². The number of benzene rings is 1. The minimum atomic E-state index is -3.94. The van der Waals surface area contributed by atoms with E-state index < -0.39 is 16.1 Å². The van der Waals surface area contributed by atoms with E-state index in [2.05, 4.69) is 15.5 Å². The van der Waals surface area contributed by atoms with Crippen LogP contribution in [-0.4, -0.2) is 24.6 Å². The van der Waals surface area contributed by atoms with E-state index in [0.29, 0.717) is 12.0 Å². The molecule has 7 nitrogen and oxygen atoms in total. The Morgan fingerprint density at radius 2 is 2.00 bits per heavy atom. The molecule has 0 saturated heterocycles. The SMILES string of the molecule is CCc1nnc(NC(=O)NS(=O)(=O)c2cc(C)ccc2C)s1. The minimum Gasteiger partial charge on any atom is -0.281 e. The molecule has 0 bridgehead atoms. The summed E-state index contributed by atoms with van der Waals surface area (Å²) < 4.78 is 26.5. The maximum atomic E-state index is 12.3. The van der Waals surface area contributed by atoms with Crippen LogP contribution in [0.5, 0.6) is 0 Å². The lowest BCUT2D eigenvalue weighted by molar-refractivity contribution is 0.256. The Bertz CT molecular complexity index is 799. The number of sulfonamides is 1. The zero-order chi connectivity index (χ0) is 16.3. The number of hydrogen-bond donors (Lipinski definition) is 2. The number of urea groups is 1.